The third-order valence-corrected chi connectivity index (χ3v) is 4.91. The minimum atomic E-state index is -3.71. The molecule has 1 aliphatic carbocycles. The third-order valence-electron chi connectivity index (χ3n) is 3.44. The molecule has 1 atom stereocenters. The molecule has 1 fully saturated rings. The maximum Gasteiger partial charge on any atom is 0.293 e. The molecule has 0 radical (unpaired) electrons. The van der Waals surface area contributed by atoms with Crippen LogP contribution in [0.5, 0.6) is 0 Å². The van der Waals surface area contributed by atoms with Crippen LogP contribution in [0.1, 0.15) is 20.3 Å². The quantitative estimate of drug-likeness (QED) is 0.422. The highest BCUT2D eigenvalue weighted by Gasteiger charge is 2.47. The van der Waals surface area contributed by atoms with Crippen LogP contribution in [0.2, 0.25) is 0 Å². The number of hydrogen-bond donors (Lipinski definition) is 3. The molecule has 1 saturated carbocycles. The minimum Gasteiger partial charge on any atom is -0.318 e. The van der Waals surface area contributed by atoms with Gasteiger partial charge in [0, 0.05) is 12.1 Å². The lowest BCUT2D eigenvalue weighted by Gasteiger charge is -2.09. The number of nitrogens with two attached hydrogens (primary N) is 1. The van der Waals surface area contributed by atoms with E-state index in [0.717, 1.165) is 18.6 Å². The lowest BCUT2D eigenvalue weighted by atomic mass is 10.2. The summed E-state index contributed by atoms with van der Waals surface area (Å²) in [6.45, 7) is 3.92. The highest BCUT2D eigenvalue weighted by molar-refractivity contribution is 7.89. The van der Waals surface area contributed by atoms with Gasteiger partial charge in [0.15, 0.2) is 0 Å². The van der Waals surface area contributed by atoms with E-state index in [9.17, 15) is 18.5 Å². The number of nitrogen functional groups attached to an aromatic ring is 1. The highest BCUT2D eigenvalue weighted by Crippen LogP contribution is 2.45. The first-order valence-corrected chi connectivity index (χ1v) is 7.43. The molecule has 0 aromatic heterocycles. The van der Waals surface area contributed by atoms with Crippen LogP contribution in [0.15, 0.2) is 23.1 Å². The third kappa shape index (κ3) is 2.74. The molecule has 0 saturated heterocycles. The van der Waals surface area contributed by atoms with Gasteiger partial charge in [-0.15, -0.1) is 0 Å². The maximum atomic E-state index is 12.2. The smallest absolute Gasteiger partial charge is 0.293 e. The van der Waals surface area contributed by atoms with E-state index in [1.165, 1.54) is 6.07 Å². The van der Waals surface area contributed by atoms with E-state index >= 15 is 0 Å². The van der Waals surface area contributed by atoms with Crippen molar-refractivity contribution in [3.8, 4) is 0 Å². The van der Waals surface area contributed by atoms with Gasteiger partial charge >= 0.3 is 0 Å². The number of nitro benzene ring substituents is 1. The van der Waals surface area contributed by atoms with Crippen LogP contribution in [0.25, 0.3) is 0 Å². The first-order valence-electron chi connectivity index (χ1n) is 5.95. The predicted octanol–water partition coefficient (Wildman–Crippen LogP) is 0.957. The number of benzene rings is 1. The van der Waals surface area contributed by atoms with Crippen molar-refractivity contribution in [2.75, 3.05) is 5.43 Å². The van der Waals surface area contributed by atoms with Crippen molar-refractivity contribution in [2.24, 2.45) is 11.3 Å². The van der Waals surface area contributed by atoms with Crippen LogP contribution in [0.4, 0.5) is 11.4 Å². The van der Waals surface area contributed by atoms with Gasteiger partial charge in [-0.3, -0.25) is 16.0 Å². The number of hydrogen-bond acceptors (Lipinski definition) is 6. The molecular formula is C11H16N4O4S. The summed E-state index contributed by atoms with van der Waals surface area (Å²) in [7, 11) is -3.71. The van der Waals surface area contributed by atoms with Crippen LogP contribution in [0.3, 0.4) is 0 Å². The number of sulfonamides is 1. The number of nitrogens with one attached hydrogen (secondary N) is 2. The zero-order chi connectivity index (χ0) is 15.1. The lowest BCUT2D eigenvalue weighted by molar-refractivity contribution is -0.384. The molecule has 9 heteroatoms. The zero-order valence-electron chi connectivity index (χ0n) is 11.1. The Labute approximate surface area is 116 Å². The van der Waals surface area contributed by atoms with Gasteiger partial charge in [-0.2, -0.15) is 0 Å². The van der Waals surface area contributed by atoms with Crippen molar-refractivity contribution in [2.45, 2.75) is 31.2 Å². The number of hydrazine groups is 1. The Kier molecular flexibility index (Phi) is 3.44. The van der Waals surface area contributed by atoms with Crippen LogP contribution < -0.4 is 16.0 Å². The molecule has 2 rings (SSSR count). The Hall–Kier alpha value is -1.71. The second-order valence-corrected chi connectivity index (χ2v) is 7.16. The SMILES string of the molecule is CC1(C)CC1NS(=O)(=O)c1ccc([N+](=O)[O-])c(NN)c1. The van der Waals surface area contributed by atoms with Crippen molar-refractivity contribution in [3.05, 3.63) is 28.3 Å². The number of nitro groups is 1. The average Bonchev–Trinajstić information content (AvgIpc) is 2.94. The molecule has 0 amide bonds. The molecule has 8 nitrogen and oxygen atoms in total. The predicted molar refractivity (Wildman–Crippen MR) is 73.4 cm³/mol. The zero-order valence-corrected chi connectivity index (χ0v) is 11.9. The largest absolute Gasteiger partial charge is 0.318 e. The number of nitrogens with zero attached hydrogens (tertiary/aromatic N) is 1. The van der Waals surface area contributed by atoms with E-state index in [2.05, 4.69) is 10.1 Å². The van der Waals surface area contributed by atoms with Crippen LogP contribution in [-0.2, 0) is 10.0 Å². The van der Waals surface area contributed by atoms with Crippen molar-refractivity contribution in [1.29, 1.82) is 0 Å². The lowest BCUT2D eigenvalue weighted by Crippen LogP contribution is -2.28. The maximum absolute atomic E-state index is 12.2. The summed E-state index contributed by atoms with van der Waals surface area (Å²) in [6.07, 6.45) is 0.765. The summed E-state index contributed by atoms with van der Waals surface area (Å²) in [4.78, 5) is 10.1. The Balaban J connectivity index is 2.31. The average molecular weight is 300 g/mol. The van der Waals surface area contributed by atoms with E-state index in [1.807, 2.05) is 13.8 Å². The molecular weight excluding hydrogens is 284 g/mol. The fraction of sp³-hybridized carbons (Fsp3) is 0.455. The number of anilines is 1. The van der Waals surface area contributed by atoms with E-state index in [4.69, 9.17) is 5.84 Å². The van der Waals surface area contributed by atoms with E-state index in [0.29, 0.717) is 0 Å². The Bertz CT molecular complexity index is 656. The molecule has 110 valence electrons. The summed E-state index contributed by atoms with van der Waals surface area (Å²) in [6, 6.07) is 3.34. The number of rotatable bonds is 5. The summed E-state index contributed by atoms with van der Waals surface area (Å²) in [5, 5.41) is 10.8. The van der Waals surface area contributed by atoms with Crippen LogP contribution in [0, 0.1) is 15.5 Å². The molecule has 1 unspecified atom stereocenters. The molecule has 4 N–H and O–H groups in total. The summed E-state index contributed by atoms with van der Waals surface area (Å²) in [5.74, 6) is 5.19. The topological polar surface area (TPSA) is 127 Å². The Morgan fingerprint density at radius 1 is 1.45 bits per heavy atom. The molecule has 1 aromatic carbocycles. The van der Waals surface area contributed by atoms with Gasteiger partial charge in [0.2, 0.25) is 10.0 Å². The molecule has 0 heterocycles. The summed E-state index contributed by atoms with van der Waals surface area (Å²) in [5.41, 5.74) is 1.76. The van der Waals surface area contributed by atoms with Gasteiger partial charge in [0.05, 0.1) is 9.82 Å². The van der Waals surface area contributed by atoms with Crippen molar-refractivity contribution >= 4 is 21.4 Å². The van der Waals surface area contributed by atoms with E-state index < -0.39 is 14.9 Å². The van der Waals surface area contributed by atoms with E-state index in [-0.39, 0.29) is 27.7 Å². The first-order chi connectivity index (χ1) is 9.17. The van der Waals surface area contributed by atoms with Crippen molar-refractivity contribution < 1.29 is 13.3 Å². The van der Waals surface area contributed by atoms with Crippen LogP contribution in [-0.4, -0.2) is 19.4 Å². The van der Waals surface area contributed by atoms with Gasteiger partial charge < -0.3 is 5.43 Å². The monoisotopic (exact) mass is 300 g/mol. The van der Waals surface area contributed by atoms with Gasteiger partial charge in [-0.05, 0) is 24.0 Å². The second kappa shape index (κ2) is 4.69. The molecule has 20 heavy (non-hydrogen) atoms. The first kappa shape index (κ1) is 14.7. The van der Waals surface area contributed by atoms with Gasteiger partial charge in [0.25, 0.3) is 5.69 Å². The molecule has 0 aliphatic heterocycles. The minimum absolute atomic E-state index is 0.0482. The molecule has 0 bridgehead atoms. The van der Waals surface area contributed by atoms with Crippen molar-refractivity contribution in [3.63, 3.8) is 0 Å². The van der Waals surface area contributed by atoms with Gasteiger partial charge in [-0.1, -0.05) is 13.8 Å². The van der Waals surface area contributed by atoms with E-state index in [1.54, 1.807) is 0 Å². The standard InChI is InChI=1S/C11H16N4O4S/c1-11(2)6-10(11)14-20(18,19)7-3-4-9(15(16)17)8(5-7)13-12/h3-5,10,13-14H,6,12H2,1-2H3. The van der Waals surface area contributed by atoms with Crippen molar-refractivity contribution in [1.82, 2.24) is 4.72 Å². The van der Waals surface area contributed by atoms with Gasteiger partial charge in [-0.25, -0.2) is 13.1 Å². The molecule has 1 aliphatic rings. The van der Waals surface area contributed by atoms with Gasteiger partial charge in [0.1, 0.15) is 5.69 Å². The molecule has 0 spiro atoms. The summed E-state index contributed by atoms with van der Waals surface area (Å²) < 4.78 is 26.9. The molecule has 1 aromatic rings. The second-order valence-electron chi connectivity index (χ2n) is 5.45. The Morgan fingerprint density at radius 3 is 2.50 bits per heavy atom. The fourth-order valence-corrected chi connectivity index (χ4v) is 3.31. The fourth-order valence-electron chi connectivity index (χ4n) is 1.88. The van der Waals surface area contributed by atoms with Crippen LogP contribution >= 0.6 is 0 Å². The summed E-state index contributed by atoms with van der Waals surface area (Å²) >= 11 is 0. The highest BCUT2D eigenvalue weighted by atomic mass is 32.2. The normalized spacial score (nSPS) is 20.4. The Morgan fingerprint density at radius 2 is 2.05 bits per heavy atom.